The van der Waals surface area contributed by atoms with Gasteiger partial charge in [-0.15, -0.1) is 11.3 Å². The van der Waals surface area contributed by atoms with Gasteiger partial charge in [-0.25, -0.2) is 9.37 Å². The van der Waals surface area contributed by atoms with E-state index >= 15 is 0 Å². The van der Waals surface area contributed by atoms with Crippen molar-refractivity contribution in [1.82, 2.24) is 9.38 Å². The molecule has 4 rings (SSSR count). The van der Waals surface area contributed by atoms with Crippen molar-refractivity contribution in [2.75, 3.05) is 5.32 Å². The molecule has 4 heterocycles. The van der Waals surface area contributed by atoms with Crippen LogP contribution in [-0.4, -0.2) is 15.3 Å². The number of carbonyl (C=O) groups is 1. The molecule has 0 spiro atoms. The summed E-state index contributed by atoms with van der Waals surface area (Å²) in [7, 11) is 0. The Kier molecular flexibility index (Phi) is 1.92. The standard InChI is InChI=1S/C13H8FN3OS/c1-6-4-17-5-7(2-8(14)12(17)15-6)10-3-9-11(19-10)13(18)16-9/h2-5H,1H3,(H,16,18). The summed E-state index contributed by atoms with van der Waals surface area (Å²) in [5, 5.41) is 2.69. The summed E-state index contributed by atoms with van der Waals surface area (Å²) in [6, 6.07) is 3.32. The van der Waals surface area contributed by atoms with Gasteiger partial charge in [0.1, 0.15) is 4.88 Å². The Balaban J connectivity index is 1.92. The molecule has 0 aliphatic carbocycles. The maximum absolute atomic E-state index is 14.0. The third kappa shape index (κ3) is 1.43. The van der Waals surface area contributed by atoms with E-state index in [-0.39, 0.29) is 11.7 Å². The maximum atomic E-state index is 14.0. The van der Waals surface area contributed by atoms with Gasteiger partial charge in [-0.1, -0.05) is 0 Å². The number of hydrogen-bond acceptors (Lipinski definition) is 3. The fourth-order valence-corrected chi connectivity index (χ4v) is 3.22. The number of fused-ring (bicyclic) bond motifs is 2. The van der Waals surface area contributed by atoms with Crippen molar-refractivity contribution in [3.05, 3.63) is 40.9 Å². The number of rotatable bonds is 1. The van der Waals surface area contributed by atoms with Gasteiger partial charge in [0.25, 0.3) is 5.91 Å². The molecule has 94 valence electrons. The van der Waals surface area contributed by atoms with Crippen molar-refractivity contribution in [1.29, 1.82) is 0 Å². The van der Waals surface area contributed by atoms with Crippen LogP contribution in [0.1, 0.15) is 15.4 Å². The molecule has 0 radical (unpaired) electrons. The number of amides is 1. The quantitative estimate of drug-likeness (QED) is 0.740. The fraction of sp³-hybridized carbons (Fsp3) is 0.0769. The monoisotopic (exact) mass is 273 g/mol. The van der Waals surface area contributed by atoms with Crippen LogP contribution in [0.2, 0.25) is 0 Å². The van der Waals surface area contributed by atoms with Gasteiger partial charge in [-0.05, 0) is 19.1 Å². The normalized spacial score (nSPS) is 13.3. The largest absolute Gasteiger partial charge is 0.320 e. The van der Waals surface area contributed by atoms with Crippen LogP contribution >= 0.6 is 11.3 Å². The van der Waals surface area contributed by atoms with E-state index in [1.54, 1.807) is 10.6 Å². The minimum absolute atomic E-state index is 0.0636. The molecule has 4 nitrogen and oxygen atoms in total. The lowest BCUT2D eigenvalue weighted by Crippen LogP contribution is -2.21. The van der Waals surface area contributed by atoms with Gasteiger partial charge in [-0.2, -0.15) is 0 Å². The van der Waals surface area contributed by atoms with Crippen LogP contribution in [-0.2, 0) is 0 Å². The molecule has 19 heavy (non-hydrogen) atoms. The first-order valence-corrected chi connectivity index (χ1v) is 6.54. The summed E-state index contributed by atoms with van der Waals surface area (Å²) in [6.07, 6.45) is 3.61. The lowest BCUT2D eigenvalue weighted by molar-refractivity contribution is 0.101. The number of hydrogen-bond donors (Lipinski definition) is 1. The Morgan fingerprint density at radius 1 is 1.37 bits per heavy atom. The van der Waals surface area contributed by atoms with Gasteiger partial charge < -0.3 is 9.72 Å². The van der Waals surface area contributed by atoms with Crippen molar-refractivity contribution in [2.24, 2.45) is 0 Å². The molecule has 1 aliphatic heterocycles. The average Bonchev–Trinajstić information content (AvgIpc) is 2.89. The lowest BCUT2D eigenvalue weighted by atomic mass is 10.2. The zero-order valence-corrected chi connectivity index (χ0v) is 10.7. The first-order valence-electron chi connectivity index (χ1n) is 5.72. The number of halogens is 1. The van der Waals surface area contributed by atoms with Crippen LogP contribution in [0.25, 0.3) is 16.1 Å². The fourth-order valence-electron chi connectivity index (χ4n) is 2.23. The molecule has 3 aromatic rings. The Labute approximate surface area is 111 Å². The highest BCUT2D eigenvalue weighted by Gasteiger charge is 2.26. The molecule has 0 atom stereocenters. The molecular formula is C13H8FN3OS. The number of thiophene rings is 1. The van der Waals surface area contributed by atoms with Crippen molar-refractivity contribution >= 4 is 28.6 Å². The molecule has 0 unspecified atom stereocenters. The van der Waals surface area contributed by atoms with Gasteiger partial charge in [-0.3, -0.25) is 4.79 Å². The molecule has 6 heteroatoms. The Morgan fingerprint density at radius 3 is 2.95 bits per heavy atom. The zero-order valence-electron chi connectivity index (χ0n) is 9.90. The van der Waals surface area contributed by atoms with Gasteiger partial charge in [0.15, 0.2) is 11.5 Å². The number of aryl methyl sites for hydroxylation is 1. The van der Waals surface area contributed by atoms with Crippen molar-refractivity contribution in [3.63, 3.8) is 0 Å². The Morgan fingerprint density at radius 2 is 2.21 bits per heavy atom. The van der Waals surface area contributed by atoms with Crippen LogP contribution in [0.3, 0.4) is 0 Å². The van der Waals surface area contributed by atoms with E-state index in [9.17, 15) is 9.18 Å². The maximum Gasteiger partial charge on any atom is 0.267 e. The number of nitrogens with zero attached hydrogens (tertiary/aromatic N) is 2. The minimum Gasteiger partial charge on any atom is -0.320 e. The number of pyridine rings is 1. The van der Waals surface area contributed by atoms with E-state index in [1.165, 1.54) is 17.4 Å². The van der Waals surface area contributed by atoms with E-state index in [4.69, 9.17) is 0 Å². The predicted molar refractivity (Wildman–Crippen MR) is 71.2 cm³/mol. The number of imidazole rings is 1. The topological polar surface area (TPSA) is 46.4 Å². The Hall–Kier alpha value is -2.21. The smallest absolute Gasteiger partial charge is 0.267 e. The summed E-state index contributed by atoms with van der Waals surface area (Å²) in [5.41, 5.74) is 2.66. The molecule has 3 aromatic heterocycles. The van der Waals surface area contributed by atoms with Crippen LogP contribution in [0, 0.1) is 12.7 Å². The number of carbonyl (C=O) groups excluding carboxylic acids is 1. The highest BCUT2D eigenvalue weighted by atomic mass is 32.1. The summed E-state index contributed by atoms with van der Waals surface area (Å²) in [5.74, 6) is -0.424. The number of aromatic nitrogens is 2. The third-order valence-electron chi connectivity index (χ3n) is 3.10. The summed E-state index contributed by atoms with van der Waals surface area (Å²) >= 11 is 1.37. The molecule has 1 N–H and O–H groups in total. The van der Waals surface area contributed by atoms with Crippen molar-refractivity contribution in [2.45, 2.75) is 6.92 Å². The highest BCUT2D eigenvalue weighted by molar-refractivity contribution is 7.18. The SMILES string of the molecule is Cc1cn2cc(-c3cc4c(s3)C(=O)N4)cc(F)c2n1. The molecule has 0 aromatic carbocycles. The summed E-state index contributed by atoms with van der Waals surface area (Å²) in [4.78, 5) is 17.0. The van der Waals surface area contributed by atoms with Gasteiger partial charge in [0.05, 0.1) is 11.4 Å². The minimum atomic E-state index is -0.361. The first kappa shape index (κ1) is 10.7. The van der Waals surface area contributed by atoms with Gasteiger partial charge in [0, 0.05) is 22.8 Å². The van der Waals surface area contributed by atoms with E-state index in [2.05, 4.69) is 10.3 Å². The van der Waals surface area contributed by atoms with E-state index in [0.29, 0.717) is 10.5 Å². The molecule has 0 bridgehead atoms. The summed E-state index contributed by atoms with van der Waals surface area (Å²) in [6.45, 7) is 1.82. The lowest BCUT2D eigenvalue weighted by Gasteiger charge is -2.11. The number of anilines is 1. The molecule has 1 aliphatic rings. The second-order valence-electron chi connectivity index (χ2n) is 4.50. The van der Waals surface area contributed by atoms with Crippen molar-refractivity contribution < 1.29 is 9.18 Å². The van der Waals surface area contributed by atoms with Crippen LogP contribution < -0.4 is 5.32 Å². The van der Waals surface area contributed by atoms with Crippen LogP contribution in [0.5, 0.6) is 0 Å². The second-order valence-corrected chi connectivity index (χ2v) is 5.55. The Bertz CT molecular complexity index is 849. The number of nitrogens with one attached hydrogen (secondary N) is 1. The van der Waals surface area contributed by atoms with E-state index < -0.39 is 0 Å². The third-order valence-corrected chi connectivity index (χ3v) is 4.28. The molecule has 0 saturated carbocycles. The van der Waals surface area contributed by atoms with Crippen molar-refractivity contribution in [3.8, 4) is 10.4 Å². The highest BCUT2D eigenvalue weighted by Crippen LogP contribution is 2.40. The van der Waals surface area contributed by atoms with Crippen LogP contribution in [0.4, 0.5) is 10.1 Å². The zero-order chi connectivity index (χ0) is 13.1. The molecular weight excluding hydrogens is 265 g/mol. The van der Waals surface area contributed by atoms with E-state index in [1.807, 2.05) is 19.2 Å². The van der Waals surface area contributed by atoms with Gasteiger partial charge >= 0.3 is 0 Å². The molecule has 0 fully saturated rings. The average molecular weight is 273 g/mol. The molecule has 0 saturated heterocycles. The molecule has 1 amide bonds. The summed E-state index contributed by atoms with van der Waals surface area (Å²) < 4.78 is 15.7. The van der Waals surface area contributed by atoms with E-state index in [0.717, 1.165) is 21.8 Å². The first-order chi connectivity index (χ1) is 9.11. The predicted octanol–water partition coefficient (Wildman–Crippen LogP) is 3.08. The van der Waals surface area contributed by atoms with Gasteiger partial charge in [0.2, 0.25) is 0 Å². The van der Waals surface area contributed by atoms with Crippen LogP contribution in [0.15, 0.2) is 24.5 Å². The second kappa shape index (κ2) is 3.42.